The first kappa shape index (κ1) is 10.7. The highest BCUT2D eigenvalue weighted by atomic mass is 19.1. The molecular weight excluding hydrogens is 187 g/mol. The van der Waals surface area contributed by atoms with Gasteiger partial charge in [0.25, 0.3) is 0 Å². The summed E-state index contributed by atoms with van der Waals surface area (Å²) in [5, 5.41) is 9.41. The van der Waals surface area contributed by atoms with E-state index in [4.69, 9.17) is 0 Å². The molecule has 4 heteroatoms. The maximum Gasteiger partial charge on any atom is 0.339 e. The number of aryl methyl sites for hydroxylation is 1. The quantitative estimate of drug-likeness (QED) is 0.729. The number of halogens is 1. The number of esters is 1. The van der Waals surface area contributed by atoms with Crippen molar-refractivity contribution < 1.29 is 19.0 Å². The van der Waals surface area contributed by atoms with Gasteiger partial charge in [0.15, 0.2) is 6.10 Å². The van der Waals surface area contributed by atoms with Crippen molar-refractivity contribution in [3.8, 4) is 0 Å². The number of methoxy groups -OCH3 is 1. The van der Waals surface area contributed by atoms with Crippen molar-refractivity contribution in [1.29, 1.82) is 0 Å². The molecule has 0 spiro atoms. The maximum atomic E-state index is 12.8. The van der Waals surface area contributed by atoms with E-state index in [1.807, 2.05) is 0 Å². The summed E-state index contributed by atoms with van der Waals surface area (Å²) in [6, 6.07) is 3.97. The molecule has 1 N–H and O–H groups in total. The van der Waals surface area contributed by atoms with Gasteiger partial charge in [0, 0.05) is 0 Å². The zero-order valence-electron chi connectivity index (χ0n) is 7.95. The van der Waals surface area contributed by atoms with Gasteiger partial charge in [0.1, 0.15) is 5.82 Å². The minimum Gasteiger partial charge on any atom is -0.467 e. The van der Waals surface area contributed by atoms with Crippen molar-refractivity contribution >= 4 is 5.97 Å². The van der Waals surface area contributed by atoms with Crippen LogP contribution in [0.3, 0.4) is 0 Å². The van der Waals surface area contributed by atoms with Crippen LogP contribution < -0.4 is 0 Å². The predicted octanol–water partition coefficient (Wildman–Crippen LogP) is 1.34. The average molecular weight is 198 g/mol. The van der Waals surface area contributed by atoms with Crippen molar-refractivity contribution in [2.75, 3.05) is 7.11 Å². The molecule has 76 valence electrons. The summed E-state index contributed by atoms with van der Waals surface area (Å²) in [5.41, 5.74) is 0.709. The first-order chi connectivity index (χ1) is 6.56. The molecule has 3 nitrogen and oxygen atoms in total. The SMILES string of the molecule is COC(=O)C(O)c1ccc(F)c(C)c1. The highest BCUT2D eigenvalue weighted by molar-refractivity contribution is 5.76. The summed E-state index contributed by atoms with van der Waals surface area (Å²) in [6.45, 7) is 1.56. The van der Waals surface area contributed by atoms with Crippen molar-refractivity contribution in [2.45, 2.75) is 13.0 Å². The minimum absolute atomic E-state index is 0.329. The standard InChI is InChI=1S/C10H11FO3/c1-6-5-7(3-4-8(6)11)9(12)10(13)14-2/h3-5,9,12H,1-2H3. The lowest BCUT2D eigenvalue weighted by Gasteiger charge is -2.09. The van der Waals surface area contributed by atoms with E-state index in [9.17, 15) is 14.3 Å². The van der Waals surface area contributed by atoms with Crippen LogP contribution >= 0.6 is 0 Å². The zero-order valence-corrected chi connectivity index (χ0v) is 7.95. The van der Waals surface area contributed by atoms with E-state index in [0.717, 1.165) is 0 Å². The second-order valence-electron chi connectivity index (χ2n) is 2.93. The van der Waals surface area contributed by atoms with Gasteiger partial charge in [-0.15, -0.1) is 0 Å². The Balaban J connectivity index is 2.96. The zero-order chi connectivity index (χ0) is 10.7. The van der Waals surface area contributed by atoms with Crippen molar-refractivity contribution in [3.05, 3.63) is 35.1 Å². The predicted molar refractivity (Wildman–Crippen MR) is 48.1 cm³/mol. The van der Waals surface area contributed by atoms with Gasteiger partial charge in [-0.25, -0.2) is 9.18 Å². The first-order valence-corrected chi connectivity index (χ1v) is 4.08. The van der Waals surface area contributed by atoms with Crippen LogP contribution in [0, 0.1) is 12.7 Å². The first-order valence-electron chi connectivity index (χ1n) is 4.08. The molecule has 0 aliphatic rings. The summed E-state index contributed by atoms with van der Waals surface area (Å²) in [6.07, 6.45) is -1.35. The Morgan fingerprint density at radius 2 is 2.21 bits per heavy atom. The number of aliphatic hydroxyl groups is 1. The molecule has 0 saturated carbocycles. The molecule has 0 aromatic heterocycles. The molecule has 0 amide bonds. The summed E-state index contributed by atoms with van der Waals surface area (Å²) < 4.78 is 17.2. The number of ether oxygens (including phenoxy) is 1. The molecule has 1 aromatic carbocycles. The van der Waals surface area contributed by atoms with Crippen molar-refractivity contribution in [2.24, 2.45) is 0 Å². The van der Waals surface area contributed by atoms with Crippen LogP contribution in [0.25, 0.3) is 0 Å². The van der Waals surface area contributed by atoms with Gasteiger partial charge < -0.3 is 9.84 Å². The molecule has 1 unspecified atom stereocenters. The molecule has 1 atom stereocenters. The Hall–Kier alpha value is -1.42. The number of hydrogen-bond acceptors (Lipinski definition) is 3. The fraction of sp³-hybridized carbons (Fsp3) is 0.300. The molecule has 0 aliphatic carbocycles. The lowest BCUT2D eigenvalue weighted by molar-refractivity contribution is -0.150. The van der Waals surface area contributed by atoms with Crippen LogP contribution in [0.2, 0.25) is 0 Å². The van der Waals surface area contributed by atoms with E-state index in [1.54, 1.807) is 6.92 Å². The van der Waals surface area contributed by atoms with Crippen LogP contribution in [0.4, 0.5) is 4.39 Å². The Morgan fingerprint density at radius 3 is 2.71 bits per heavy atom. The van der Waals surface area contributed by atoms with Crippen LogP contribution in [0.15, 0.2) is 18.2 Å². The van der Waals surface area contributed by atoms with E-state index in [-0.39, 0.29) is 5.82 Å². The second-order valence-corrected chi connectivity index (χ2v) is 2.93. The van der Waals surface area contributed by atoms with Gasteiger partial charge in [-0.3, -0.25) is 0 Å². The van der Waals surface area contributed by atoms with Crippen LogP contribution in [-0.2, 0) is 9.53 Å². The van der Waals surface area contributed by atoms with Crippen LogP contribution in [0.5, 0.6) is 0 Å². The normalized spacial score (nSPS) is 12.3. The number of carbonyl (C=O) groups is 1. The molecular formula is C10H11FO3. The van der Waals surface area contributed by atoms with Crippen molar-refractivity contribution in [3.63, 3.8) is 0 Å². The number of hydrogen-bond donors (Lipinski definition) is 1. The maximum absolute atomic E-state index is 12.8. The van der Waals surface area contributed by atoms with Gasteiger partial charge in [-0.1, -0.05) is 6.07 Å². The van der Waals surface area contributed by atoms with Crippen LogP contribution in [0.1, 0.15) is 17.2 Å². The monoisotopic (exact) mass is 198 g/mol. The fourth-order valence-electron chi connectivity index (χ4n) is 1.09. The number of rotatable bonds is 2. The molecule has 1 rings (SSSR count). The number of benzene rings is 1. The molecule has 0 radical (unpaired) electrons. The van der Waals surface area contributed by atoms with E-state index in [2.05, 4.69) is 4.74 Å². The third-order valence-electron chi connectivity index (χ3n) is 1.92. The van der Waals surface area contributed by atoms with Gasteiger partial charge in [0.05, 0.1) is 7.11 Å². The molecule has 0 bridgehead atoms. The minimum atomic E-state index is -1.35. The topological polar surface area (TPSA) is 46.5 Å². The van der Waals surface area contributed by atoms with Crippen LogP contribution in [-0.4, -0.2) is 18.2 Å². The van der Waals surface area contributed by atoms with E-state index < -0.39 is 12.1 Å². The smallest absolute Gasteiger partial charge is 0.339 e. The summed E-state index contributed by atoms with van der Waals surface area (Å²) >= 11 is 0. The number of carbonyl (C=O) groups excluding carboxylic acids is 1. The molecule has 1 aromatic rings. The molecule has 0 heterocycles. The lowest BCUT2D eigenvalue weighted by Crippen LogP contribution is -2.13. The summed E-state index contributed by atoms with van der Waals surface area (Å²) in [4.78, 5) is 10.9. The third-order valence-corrected chi connectivity index (χ3v) is 1.92. The number of aliphatic hydroxyl groups excluding tert-OH is 1. The van der Waals surface area contributed by atoms with E-state index in [0.29, 0.717) is 11.1 Å². The Kier molecular flexibility index (Phi) is 3.19. The summed E-state index contributed by atoms with van der Waals surface area (Å²) in [5.74, 6) is -1.12. The van der Waals surface area contributed by atoms with E-state index in [1.165, 1.54) is 25.3 Å². The van der Waals surface area contributed by atoms with Crippen molar-refractivity contribution in [1.82, 2.24) is 0 Å². The summed E-state index contributed by atoms with van der Waals surface area (Å²) in [7, 11) is 1.18. The molecule has 0 fully saturated rings. The van der Waals surface area contributed by atoms with E-state index >= 15 is 0 Å². The highest BCUT2D eigenvalue weighted by Gasteiger charge is 2.18. The average Bonchev–Trinajstić information content (AvgIpc) is 2.20. The largest absolute Gasteiger partial charge is 0.467 e. The Bertz CT molecular complexity index is 349. The Labute approximate surface area is 81.1 Å². The molecule has 14 heavy (non-hydrogen) atoms. The molecule has 0 aliphatic heterocycles. The fourth-order valence-corrected chi connectivity index (χ4v) is 1.09. The lowest BCUT2D eigenvalue weighted by atomic mass is 10.1. The second kappa shape index (κ2) is 4.19. The molecule has 0 saturated heterocycles. The van der Waals surface area contributed by atoms with Gasteiger partial charge in [-0.2, -0.15) is 0 Å². The third kappa shape index (κ3) is 2.09. The van der Waals surface area contributed by atoms with Gasteiger partial charge in [-0.05, 0) is 30.2 Å². The highest BCUT2D eigenvalue weighted by Crippen LogP contribution is 2.17. The van der Waals surface area contributed by atoms with Gasteiger partial charge in [0.2, 0.25) is 0 Å². The Morgan fingerprint density at radius 1 is 1.57 bits per heavy atom. The van der Waals surface area contributed by atoms with Gasteiger partial charge >= 0.3 is 5.97 Å².